The lowest BCUT2D eigenvalue weighted by atomic mass is 9.83. The van der Waals surface area contributed by atoms with Gasteiger partial charge in [0.1, 0.15) is 5.75 Å². The molecule has 0 aromatic heterocycles. The Morgan fingerprint density at radius 2 is 2.11 bits per heavy atom. The maximum atomic E-state index is 5.73. The van der Waals surface area contributed by atoms with E-state index in [1.165, 1.54) is 12.0 Å². The van der Waals surface area contributed by atoms with Gasteiger partial charge in [-0.25, -0.2) is 0 Å². The Morgan fingerprint density at radius 1 is 1.33 bits per heavy atom. The fourth-order valence-electron chi connectivity index (χ4n) is 2.84. The minimum atomic E-state index is 0.588. The molecule has 0 amide bonds. The average molecular weight is 247 g/mol. The monoisotopic (exact) mass is 247 g/mol. The van der Waals surface area contributed by atoms with Crippen molar-refractivity contribution in [2.75, 3.05) is 13.2 Å². The molecule has 0 aliphatic carbocycles. The van der Waals surface area contributed by atoms with Crippen LogP contribution in [0.4, 0.5) is 0 Å². The summed E-state index contributed by atoms with van der Waals surface area (Å²) in [5, 5.41) is 3.53. The standard InChI is InChI=1S/C16H25NO/c1-4-17-13(3)12(2)11-14-9-10-18-16-8-6-5-7-15(14)16/h5-8,12-14,17H,4,9-11H2,1-3H3. The fraction of sp³-hybridized carbons (Fsp3) is 0.625. The summed E-state index contributed by atoms with van der Waals surface area (Å²) in [6, 6.07) is 9.10. The molecule has 0 bridgehead atoms. The number of ether oxygens (including phenoxy) is 1. The average Bonchev–Trinajstić information content (AvgIpc) is 2.39. The van der Waals surface area contributed by atoms with Crippen molar-refractivity contribution < 1.29 is 4.74 Å². The first-order chi connectivity index (χ1) is 8.72. The van der Waals surface area contributed by atoms with Crippen molar-refractivity contribution in [1.82, 2.24) is 5.32 Å². The van der Waals surface area contributed by atoms with E-state index in [0.29, 0.717) is 17.9 Å². The van der Waals surface area contributed by atoms with Crippen molar-refractivity contribution in [2.24, 2.45) is 5.92 Å². The summed E-state index contributed by atoms with van der Waals surface area (Å²) < 4.78 is 5.73. The van der Waals surface area contributed by atoms with Gasteiger partial charge in [-0.2, -0.15) is 0 Å². The molecule has 1 N–H and O–H groups in total. The van der Waals surface area contributed by atoms with Crippen molar-refractivity contribution in [2.45, 2.75) is 45.6 Å². The van der Waals surface area contributed by atoms with Gasteiger partial charge in [0.15, 0.2) is 0 Å². The number of para-hydroxylation sites is 1. The highest BCUT2D eigenvalue weighted by molar-refractivity contribution is 5.37. The van der Waals surface area contributed by atoms with Gasteiger partial charge >= 0.3 is 0 Å². The third-order valence-electron chi connectivity index (χ3n) is 4.12. The molecule has 18 heavy (non-hydrogen) atoms. The molecule has 0 saturated heterocycles. The van der Waals surface area contributed by atoms with Crippen LogP contribution in [-0.2, 0) is 0 Å². The normalized spacial score (nSPS) is 21.8. The molecule has 0 saturated carbocycles. The topological polar surface area (TPSA) is 21.3 Å². The third-order valence-corrected chi connectivity index (χ3v) is 4.12. The summed E-state index contributed by atoms with van der Waals surface area (Å²) in [5.74, 6) is 2.45. The highest BCUT2D eigenvalue weighted by Crippen LogP contribution is 2.37. The molecule has 0 radical (unpaired) electrons. The number of nitrogens with one attached hydrogen (secondary N) is 1. The van der Waals surface area contributed by atoms with Gasteiger partial charge in [0, 0.05) is 6.04 Å². The van der Waals surface area contributed by atoms with E-state index < -0.39 is 0 Å². The maximum absolute atomic E-state index is 5.73. The number of hydrogen-bond acceptors (Lipinski definition) is 2. The molecule has 3 atom stereocenters. The van der Waals surface area contributed by atoms with Crippen molar-refractivity contribution >= 4 is 0 Å². The molecule has 2 rings (SSSR count). The molecule has 0 fully saturated rings. The Labute approximate surface area is 111 Å². The molecule has 1 aliphatic rings. The Kier molecular flexibility index (Phi) is 4.65. The molecule has 1 heterocycles. The van der Waals surface area contributed by atoms with Crippen LogP contribution in [0.15, 0.2) is 24.3 Å². The predicted molar refractivity (Wildman–Crippen MR) is 76.2 cm³/mol. The van der Waals surface area contributed by atoms with Crippen LogP contribution in [-0.4, -0.2) is 19.2 Å². The van der Waals surface area contributed by atoms with Gasteiger partial charge in [-0.3, -0.25) is 0 Å². The molecular weight excluding hydrogens is 222 g/mol. The molecular formula is C16H25NO. The van der Waals surface area contributed by atoms with E-state index in [0.717, 1.165) is 25.3 Å². The van der Waals surface area contributed by atoms with Crippen molar-refractivity contribution in [3.8, 4) is 5.75 Å². The van der Waals surface area contributed by atoms with E-state index in [1.54, 1.807) is 0 Å². The van der Waals surface area contributed by atoms with E-state index in [1.807, 2.05) is 0 Å². The Bertz CT molecular complexity index is 377. The van der Waals surface area contributed by atoms with E-state index in [2.05, 4.69) is 50.4 Å². The zero-order valence-electron chi connectivity index (χ0n) is 11.8. The smallest absolute Gasteiger partial charge is 0.122 e. The maximum Gasteiger partial charge on any atom is 0.122 e. The molecule has 2 nitrogen and oxygen atoms in total. The number of hydrogen-bond donors (Lipinski definition) is 1. The summed E-state index contributed by atoms with van der Waals surface area (Å²) in [4.78, 5) is 0. The number of fused-ring (bicyclic) bond motifs is 1. The number of benzene rings is 1. The predicted octanol–water partition coefficient (Wildman–Crippen LogP) is 3.58. The van der Waals surface area contributed by atoms with Crippen LogP contribution in [0.5, 0.6) is 5.75 Å². The molecule has 3 unspecified atom stereocenters. The van der Waals surface area contributed by atoms with Crippen molar-refractivity contribution in [3.05, 3.63) is 29.8 Å². The van der Waals surface area contributed by atoms with Gasteiger partial charge in [0.25, 0.3) is 0 Å². The van der Waals surface area contributed by atoms with Crippen LogP contribution in [0.1, 0.15) is 45.1 Å². The zero-order chi connectivity index (χ0) is 13.0. The molecule has 0 spiro atoms. The molecule has 100 valence electrons. The zero-order valence-corrected chi connectivity index (χ0v) is 11.8. The van der Waals surface area contributed by atoms with Crippen LogP contribution in [0.3, 0.4) is 0 Å². The van der Waals surface area contributed by atoms with Crippen LogP contribution >= 0.6 is 0 Å². The van der Waals surface area contributed by atoms with Gasteiger partial charge < -0.3 is 10.1 Å². The summed E-state index contributed by atoms with van der Waals surface area (Å²) in [6.07, 6.45) is 2.40. The summed E-state index contributed by atoms with van der Waals surface area (Å²) in [6.45, 7) is 8.73. The van der Waals surface area contributed by atoms with Crippen LogP contribution in [0.25, 0.3) is 0 Å². The van der Waals surface area contributed by atoms with Crippen LogP contribution in [0, 0.1) is 5.92 Å². The van der Waals surface area contributed by atoms with Crippen LogP contribution < -0.4 is 10.1 Å². The largest absolute Gasteiger partial charge is 0.493 e. The lowest BCUT2D eigenvalue weighted by Crippen LogP contribution is -2.33. The first-order valence-corrected chi connectivity index (χ1v) is 7.17. The van der Waals surface area contributed by atoms with Gasteiger partial charge in [-0.1, -0.05) is 32.0 Å². The van der Waals surface area contributed by atoms with Crippen molar-refractivity contribution in [3.63, 3.8) is 0 Å². The van der Waals surface area contributed by atoms with E-state index in [-0.39, 0.29) is 0 Å². The Balaban J connectivity index is 2.02. The first-order valence-electron chi connectivity index (χ1n) is 7.17. The fourth-order valence-corrected chi connectivity index (χ4v) is 2.84. The van der Waals surface area contributed by atoms with E-state index >= 15 is 0 Å². The second kappa shape index (κ2) is 6.24. The van der Waals surface area contributed by atoms with E-state index in [4.69, 9.17) is 4.74 Å². The highest BCUT2D eigenvalue weighted by atomic mass is 16.5. The minimum Gasteiger partial charge on any atom is -0.493 e. The Hall–Kier alpha value is -1.02. The molecule has 1 aromatic rings. The molecule has 1 aromatic carbocycles. The van der Waals surface area contributed by atoms with Gasteiger partial charge in [0.2, 0.25) is 0 Å². The van der Waals surface area contributed by atoms with Gasteiger partial charge in [-0.15, -0.1) is 0 Å². The third kappa shape index (κ3) is 3.05. The second-order valence-corrected chi connectivity index (χ2v) is 5.43. The SMILES string of the molecule is CCNC(C)C(C)CC1CCOc2ccccc21. The summed E-state index contributed by atoms with van der Waals surface area (Å²) in [5.41, 5.74) is 1.40. The minimum absolute atomic E-state index is 0.588. The first kappa shape index (κ1) is 13.4. The van der Waals surface area contributed by atoms with Crippen LogP contribution in [0.2, 0.25) is 0 Å². The summed E-state index contributed by atoms with van der Waals surface area (Å²) >= 11 is 0. The summed E-state index contributed by atoms with van der Waals surface area (Å²) in [7, 11) is 0. The Morgan fingerprint density at radius 3 is 2.89 bits per heavy atom. The lowest BCUT2D eigenvalue weighted by Gasteiger charge is -2.30. The quantitative estimate of drug-likeness (QED) is 0.858. The lowest BCUT2D eigenvalue weighted by molar-refractivity contribution is 0.245. The van der Waals surface area contributed by atoms with Gasteiger partial charge in [0.05, 0.1) is 6.61 Å². The molecule has 1 aliphatic heterocycles. The van der Waals surface area contributed by atoms with E-state index in [9.17, 15) is 0 Å². The van der Waals surface area contributed by atoms with Gasteiger partial charge in [-0.05, 0) is 49.8 Å². The highest BCUT2D eigenvalue weighted by Gasteiger charge is 2.24. The number of rotatable bonds is 5. The molecule has 2 heteroatoms. The van der Waals surface area contributed by atoms with Crippen molar-refractivity contribution in [1.29, 1.82) is 0 Å². The second-order valence-electron chi connectivity index (χ2n) is 5.43.